The Kier molecular flexibility index (Phi) is 13.1. The van der Waals surface area contributed by atoms with E-state index in [1.807, 2.05) is 60.7 Å². The number of piperidine rings is 2. The molecule has 0 saturated carbocycles. The van der Waals surface area contributed by atoms with Crippen molar-refractivity contribution < 1.29 is 32.9 Å². The zero-order chi connectivity index (χ0) is 49.7. The Morgan fingerprint density at radius 2 is 1.61 bits per heavy atom. The molecule has 4 aliphatic rings. The fraction of sp³-hybridized carbons (Fsp3) is 0.360. The largest absolute Gasteiger partial charge is 0.494 e. The first-order chi connectivity index (χ1) is 34.1. The monoisotopic (exact) mass is 1050 g/mol. The number of rotatable bonds is 13. The summed E-state index contributed by atoms with van der Waals surface area (Å²) in [7, 11) is 0.768. The van der Waals surface area contributed by atoms with Crippen LogP contribution < -0.4 is 35.8 Å². The van der Waals surface area contributed by atoms with Gasteiger partial charge in [-0.3, -0.25) is 44.0 Å². The van der Waals surface area contributed by atoms with Crippen molar-refractivity contribution in [1.82, 2.24) is 39.8 Å². The molecule has 6 aromatic rings. The molecule has 21 heteroatoms. The van der Waals surface area contributed by atoms with Crippen molar-refractivity contribution in [2.45, 2.75) is 38.1 Å². The van der Waals surface area contributed by atoms with Gasteiger partial charge < -0.3 is 29.7 Å². The number of benzene rings is 3. The van der Waals surface area contributed by atoms with Crippen LogP contribution in [0.25, 0.3) is 22.0 Å². The molecule has 0 radical (unpaired) electrons. The molecule has 10 rings (SSSR count). The molecule has 3 aromatic carbocycles. The zero-order valence-corrected chi connectivity index (χ0v) is 42.2. The third-order valence-corrected chi connectivity index (χ3v) is 16.0. The summed E-state index contributed by atoms with van der Waals surface area (Å²) in [6.45, 7) is 8.95. The van der Waals surface area contributed by atoms with E-state index in [1.54, 1.807) is 37.5 Å². The normalized spacial score (nSPS) is 18.1. The maximum atomic E-state index is 15.6. The second kappa shape index (κ2) is 19.4. The third-order valence-electron chi connectivity index (χ3n) is 13.9. The van der Waals surface area contributed by atoms with Crippen molar-refractivity contribution >= 4 is 97.4 Å². The van der Waals surface area contributed by atoms with Gasteiger partial charge in [0, 0.05) is 105 Å². The number of imide groups is 2. The number of carbonyl (C=O) groups is 4. The molecule has 0 bridgehead atoms. The predicted octanol–water partition coefficient (Wildman–Crippen LogP) is 6.90. The number of hydrogen-bond acceptors (Lipinski definition) is 15. The molecule has 18 nitrogen and oxygen atoms in total. The summed E-state index contributed by atoms with van der Waals surface area (Å²) >= 11 is 3.61. The highest BCUT2D eigenvalue weighted by Gasteiger charge is 2.45. The predicted molar refractivity (Wildman–Crippen MR) is 274 cm³/mol. The lowest BCUT2D eigenvalue weighted by atomic mass is 9.92. The van der Waals surface area contributed by atoms with E-state index >= 15 is 4.39 Å². The molecule has 7 heterocycles. The summed E-state index contributed by atoms with van der Waals surface area (Å²) in [6.07, 6.45) is 9.98. The Morgan fingerprint density at radius 3 is 2.31 bits per heavy atom. The maximum Gasteiger partial charge on any atom is 0.262 e. The number of piperazine rings is 1. The summed E-state index contributed by atoms with van der Waals surface area (Å²) in [6, 6.07) is 13.1. The van der Waals surface area contributed by atoms with E-state index in [0.717, 1.165) is 90.7 Å². The maximum absolute atomic E-state index is 15.6. The van der Waals surface area contributed by atoms with Gasteiger partial charge in [0.25, 0.3) is 11.8 Å². The van der Waals surface area contributed by atoms with Crippen molar-refractivity contribution in [3.63, 3.8) is 0 Å². The van der Waals surface area contributed by atoms with Gasteiger partial charge in [0.1, 0.15) is 30.6 Å². The first-order valence-electron chi connectivity index (χ1n) is 23.6. The molecule has 1 unspecified atom stereocenters. The lowest BCUT2D eigenvalue weighted by Crippen LogP contribution is -2.54. The van der Waals surface area contributed by atoms with E-state index in [9.17, 15) is 23.7 Å². The van der Waals surface area contributed by atoms with Crippen molar-refractivity contribution in [3.05, 3.63) is 94.7 Å². The topological polar surface area (TPSA) is 200 Å². The van der Waals surface area contributed by atoms with Gasteiger partial charge in [-0.15, -0.1) is 0 Å². The molecule has 0 spiro atoms. The van der Waals surface area contributed by atoms with Crippen molar-refractivity contribution in [2.24, 2.45) is 13.0 Å². The van der Waals surface area contributed by atoms with Crippen LogP contribution in [0.1, 0.15) is 52.8 Å². The number of hydrogen-bond donors (Lipinski definition) is 3. The van der Waals surface area contributed by atoms with E-state index in [2.05, 4.69) is 56.7 Å². The molecule has 3 N–H and O–H groups in total. The Morgan fingerprint density at radius 1 is 0.859 bits per heavy atom. The average Bonchev–Trinajstić information content (AvgIpc) is 3.89. The first kappa shape index (κ1) is 47.9. The number of methoxy groups -OCH3 is 1. The van der Waals surface area contributed by atoms with Crippen LogP contribution >= 0.6 is 23.1 Å². The van der Waals surface area contributed by atoms with E-state index < -0.39 is 42.6 Å². The van der Waals surface area contributed by atoms with Crippen LogP contribution in [0.4, 0.5) is 38.9 Å². The van der Waals surface area contributed by atoms with Crippen LogP contribution in [0, 0.1) is 11.7 Å². The number of nitrogens with one attached hydrogen (secondary N) is 3. The van der Waals surface area contributed by atoms with E-state index in [0.29, 0.717) is 57.7 Å². The van der Waals surface area contributed by atoms with E-state index in [1.165, 1.54) is 6.07 Å². The number of fused-ring (bicyclic) bond motifs is 2. The Bertz CT molecular complexity index is 3170. The van der Waals surface area contributed by atoms with Gasteiger partial charge in [-0.25, -0.2) is 9.37 Å². The average molecular weight is 1050 g/mol. The highest BCUT2D eigenvalue weighted by molar-refractivity contribution is 9.10. The fourth-order valence-electron chi connectivity index (χ4n) is 10.2. The van der Waals surface area contributed by atoms with Gasteiger partial charge in [0.2, 0.25) is 17.8 Å². The van der Waals surface area contributed by atoms with Gasteiger partial charge in [0.15, 0.2) is 0 Å². The van der Waals surface area contributed by atoms with Crippen molar-refractivity contribution in [3.8, 4) is 16.9 Å². The molecule has 3 fully saturated rings. The molecule has 3 aromatic heterocycles. The van der Waals surface area contributed by atoms with Crippen LogP contribution in [-0.2, 0) is 21.2 Å². The second-order valence-electron chi connectivity index (χ2n) is 18.8. The quantitative estimate of drug-likeness (QED) is 0.0797. The van der Waals surface area contributed by atoms with Gasteiger partial charge in [-0.2, -0.15) is 10.1 Å². The van der Waals surface area contributed by atoms with Crippen molar-refractivity contribution in [1.29, 1.82) is 0 Å². The van der Waals surface area contributed by atoms with Gasteiger partial charge in [0.05, 0.1) is 51.5 Å². The van der Waals surface area contributed by atoms with Crippen LogP contribution in [0.3, 0.4) is 0 Å². The second-order valence-corrected chi connectivity index (χ2v) is 22.8. The molecule has 368 valence electrons. The fourth-order valence-corrected chi connectivity index (χ4v) is 12.0. The molecule has 0 aliphatic carbocycles. The zero-order valence-electron chi connectivity index (χ0n) is 39.7. The third kappa shape index (κ3) is 9.59. The number of pyridine rings is 1. The highest BCUT2D eigenvalue weighted by atomic mass is 79.9. The number of aryl methyl sites for hydroxylation is 1. The number of nitrogens with zero attached hydrogens (tertiary/aromatic N) is 9. The Hall–Kier alpha value is -6.76. The number of amides is 4. The summed E-state index contributed by atoms with van der Waals surface area (Å²) in [4.78, 5) is 72.4. The summed E-state index contributed by atoms with van der Waals surface area (Å²) in [5.74, 6) is -1.25. The minimum absolute atomic E-state index is 0.0120. The van der Waals surface area contributed by atoms with E-state index in [4.69, 9.17) is 9.72 Å². The lowest BCUT2D eigenvalue weighted by Gasteiger charge is -2.39. The SMILES string of the molecule is COc1cc(N2CCN(CCC3CCN(c4cc5c(cc4F)C(=O)N(C4CCC(=O)NC4=O)C5=O)CC3)CC2)c(-c2cnn(C)c2)cc1Nc1ncc(Br)c(Nc2ccc3ncccc3c2P(C)(C)=O)n1. The smallest absolute Gasteiger partial charge is 0.262 e. The van der Waals surface area contributed by atoms with Crippen LogP contribution in [-0.4, -0.2) is 130 Å². The molecular weight excluding hydrogens is 995 g/mol. The molecule has 4 aliphatic heterocycles. The minimum Gasteiger partial charge on any atom is -0.494 e. The number of anilines is 6. The first-order valence-corrected chi connectivity index (χ1v) is 27.0. The Balaban J connectivity index is 0.784. The number of carbonyl (C=O) groups excluding carboxylic acids is 4. The number of ether oxygens (including phenoxy) is 1. The summed E-state index contributed by atoms with van der Waals surface area (Å²) < 4.78 is 37.7. The van der Waals surface area contributed by atoms with Crippen LogP contribution in [0.15, 0.2) is 77.8 Å². The van der Waals surface area contributed by atoms with Crippen LogP contribution in [0.2, 0.25) is 0 Å². The summed E-state index contributed by atoms with van der Waals surface area (Å²) in [5, 5.41) is 15.0. The number of halogens is 2. The van der Waals surface area contributed by atoms with Crippen LogP contribution in [0.5, 0.6) is 5.75 Å². The van der Waals surface area contributed by atoms with Gasteiger partial charge in [-0.05, 0) is 104 Å². The van der Waals surface area contributed by atoms with Gasteiger partial charge >= 0.3 is 0 Å². The molecule has 4 amide bonds. The molecular formula is C50H53BrFN12O6P. The van der Waals surface area contributed by atoms with Crippen molar-refractivity contribution in [2.75, 3.05) is 86.7 Å². The molecule has 3 saturated heterocycles. The lowest BCUT2D eigenvalue weighted by molar-refractivity contribution is -0.136. The standard InChI is InChI=1S/C50H53BrFN12O6P/c1-60-28-30(26-55-60)32-23-39(57-50-54-27-35(51)46(59-50)56-38-8-7-37-31(6-5-14-53-37)45(38)71(3,4)69)43(70-2)25-41(32)63-20-18-61(19-21-63)15-11-29-12-16-62(17-13-29)42-24-34-33(22-36(42)52)48(67)64(49(34)68)40-9-10-44(65)58-47(40)66/h5-8,14,22-29,40H,9-13,15-21H2,1-4H3,(H,58,65,66)(H2,54,56,57,59). The van der Waals surface area contributed by atoms with Gasteiger partial charge in [-0.1, -0.05) is 6.07 Å². The Labute approximate surface area is 417 Å². The number of aromatic nitrogens is 5. The highest BCUT2D eigenvalue weighted by Crippen LogP contribution is 2.44. The summed E-state index contributed by atoms with van der Waals surface area (Å²) in [5.41, 5.74) is 5.30. The molecule has 1 atom stereocenters. The molecule has 71 heavy (non-hydrogen) atoms. The minimum atomic E-state index is -2.76. The van der Waals surface area contributed by atoms with E-state index in [-0.39, 0.29) is 29.7 Å².